The number of pyridine rings is 1. The number of nitrogens with zero attached hydrogens (tertiary/aromatic N) is 2. The summed E-state index contributed by atoms with van der Waals surface area (Å²) in [4.78, 5) is 32.5. The van der Waals surface area contributed by atoms with Crippen LogP contribution in [-0.4, -0.2) is 60.8 Å². The molecule has 2 amide bonds. The summed E-state index contributed by atoms with van der Waals surface area (Å²) in [6, 6.07) is 23.5. The van der Waals surface area contributed by atoms with Crippen LogP contribution in [0.1, 0.15) is 72.5 Å². The van der Waals surface area contributed by atoms with E-state index in [9.17, 15) is 14.7 Å². The van der Waals surface area contributed by atoms with Crippen LogP contribution in [-0.2, 0) is 16.9 Å². The van der Waals surface area contributed by atoms with Gasteiger partial charge in [-0.2, -0.15) is 0 Å². The minimum absolute atomic E-state index is 0.0517. The number of likely N-dealkylation sites (tertiary alicyclic amines) is 1. The van der Waals surface area contributed by atoms with Gasteiger partial charge in [-0.15, -0.1) is 0 Å². The van der Waals surface area contributed by atoms with Crippen molar-refractivity contribution in [3.8, 4) is 11.3 Å². The van der Waals surface area contributed by atoms with Crippen LogP contribution in [0.25, 0.3) is 22.2 Å². The Morgan fingerprint density at radius 3 is 2.57 bits per heavy atom. The zero-order valence-electron chi connectivity index (χ0n) is 27.7. The molecule has 3 aromatic carbocycles. The molecule has 1 fully saturated rings. The second kappa shape index (κ2) is 15.3. The fourth-order valence-electron chi connectivity index (χ4n) is 6.80. The predicted octanol–water partition coefficient (Wildman–Crippen LogP) is 7.27. The van der Waals surface area contributed by atoms with Gasteiger partial charge in [0.2, 0.25) is 0 Å². The third-order valence-electron chi connectivity index (χ3n) is 9.26. The Bertz CT molecular complexity index is 1710. The molecule has 1 aliphatic heterocycles. The molecule has 248 valence electrons. The molecule has 5 rings (SSSR count). The van der Waals surface area contributed by atoms with Crippen LogP contribution in [0.3, 0.4) is 0 Å². The van der Waals surface area contributed by atoms with Crippen molar-refractivity contribution in [2.75, 3.05) is 33.8 Å². The zero-order valence-corrected chi connectivity index (χ0v) is 28.4. The Morgan fingerprint density at radius 2 is 1.85 bits per heavy atom. The number of rotatable bonds is 11. The number of methoxy groups -OCH3 is 1. The first-order valence-electron chi connectivity index (χ1n) is 16.4. The van der Waals surface area contributed by atoms with Crippen LogP contribution < -0.4 is 10.6 Å². The van der Waals surface area contributed by atoms with Gasteiger partial charge in [0.05, 0.1) is 28.9 Å². The van der Waals surface area contributed by atoms with Crippen molar-refractivity contribution in [1.82, 2.24) is 20.5 Å². The first-order chi connectivity index (χ1) is 22.7. The summed E-state index contributed by atoms with van der Waals surface area (Å²) in [5.74, 6) is -0.0633. The number of ether oxygens (including phenoxy) is 1. The van der Waals surface area contributed by atoms with Crippen LogP contribution in [0.4, 0.5) is 4.79 Å². The Hall–Kier alpha value is -3.98. The van der Waals surface area contributed by atoms with E-state index < -0.39 is 11.7 Å². The van der Waals surface area contributed by atoms with Crippen LogP contribution in [0, 0.1) is 5.92 Å². The number of carbonyl (C=O) groups is 2. The van der Waals surface area contributed by atoms with Crippen molar-refractivity contribution in [2.24, 2.45) is 5.92 Å². The molecule has 47 heavy (non-hydrogen) atoms. The molecular weight excluding hydrogens is 612 g/mol. The van der Waals surface area contributed by atoms with E-state index in [1.807, 2.05) is 66.5 Å². The molecule has 2 atom stereocenters. The monoisotopic (exact) mass is 656 g/mol. The van der Waals surface area contributed by atoms with E-state index in [1.54, 1.807) is 0 Å². The highest BCUT2D eigenvalue weighted by Crippen LogP contribution is 2.45. The molecule has 9 heteroatoms. The van der Waals surface area contributed by atoms with Crippen molar-refractivity contribution in [3.63, 3.8) is 0 Å². The summed E-state index contributed by atoms with van der Waals surface area (Å²) >= 11 is 6.98. The number of hydrogen-bond donors (Lipinski definition) is 3. The van der Waals surface area contributed by atoms with Crippen molar-refractivity contribution in [2.45, 2.75) is 57.6 Å². The molecular formula is C38H45ClN4O4. The molecule has 0 radical (unpaired) electrons. The number of para-hydroxylation sites is 1. The minimum atomic E-state index is -1.37. The number of aromatic nitrogens is 1. The molecule has 1 aliphatic rings. The average Bonchev–Trinajstić information content (AvgIpc) is 3.09. The molecule has 0 aliphatic carbocycles. The van der Waals surface area contributed by atoms with Gasteiger partial charge in [-0.1, -0.05) is 74.0 Å². The highest BCUT2D eigenvalue weighted by Gasteiger charge is 2.43. The first-order valence-corrected chi connectivity index (χ1v) is 16.8. The maximum absolute atomic E-state index is 13.7. The maximum atomic E-state index is 13.7. The van der Waals surface area contributed by atoms with E-state index in [4.69, 9.17) is 21.3 Å². The second-order valence-corrected chi connectivity index (χ2v) is 13.1. The molecule has 0 bridgehead atoms. The number of piperidine rings is 1. The van der Waals surface area contributed by atoms with Gasteiger partial charge in [0.15, 0.2) is 0 Å². The highest BCUT2D eigenvalue weighted by molar-refractivity contribution is 6.33. The Labute approximate surface area is 282 Å². The number of nitrogens with one attached hydrogen (secondary N) is 2. The van der Waals surface area contributed by atoms with Crippen molar-refractivity contribution in [3.05, 3.63) is 100 Å². The third kappa shape index (κ3) is 7.61. The standard InChI is InChI=1S/C38H45ClN4O4/c1-25(2)30-11-5-9-27-18-19-33(42-35(27)30)34-31(12-6-13-32(34)39)38(46,20-8-21-41-37(45)47-4)29-10-7-22-43(24-29)36(44)28-16-14-26(15-17-28)23-40-3/h5-6,9,11-19,25,29,40,46H,7-8,10,20-24H2,1-4H3,(H,41,45)/t29-,38+/m1/s1. The lowest BCUT2D eigenvalue weighted by molar-refractivity contribution is -0.0563. The lowest BCUT2D eigenvalue weighted by Gasteiger charge is -2.43. The van der Waals surface area contributed by atoms with E-state index in [0.29, 0.717) is 59.9 Å². The molecule has 2 heterocycles. The van der Waals surface area contributed by atoms with Gasteiger partial charge in [0.1, 0.15) is 0 Å². The number of benzene rings is 3. The summed E-state index contributed by atoms with van der Waals surface area (Å²) in [6.07, 6.45) is 1.77. The van der Waals surface area contributed by atoms with Gasteiger partial charge in [-0.05, 0) is 79.6 Å². The first kappa shape index (κ1) is 34.4. The van der Waals surface area contributed by atoms with Crippen molar-refractivity contribution in [1.29, 1.82) is 0 Å². The van der Waals surface area contributed by atoms with Gasteiger partial charge in [-0.3, -0.25) is 4.79 Å². The fourth-order valence-corrected chi connectivity index (χ4v) is 7.07. The third-order valence-corrected chi connectivity index (χ3v) is 9.58. The Kier molecular flexibility index (Phi) is 11.2. The lowest BCUT2D eigenvalue weighted by Crippen LogP contribution is -2.48. The SMILES string of the molecule is CNCc1ccc(C(=O)N2CCC[C@@H]([C@@](O)(CCCNC(=O)OC)c3cccc(Cl)c3-c3ccc4cccc(C(C)C)c4n3)C2)cc1. The minimum Gasteiger partial charge on any atom is -0.453 e. The highest BCUT2D eigenvalue weighted by atomic mass is 35.5. The lowest BCUT2D eigenvalue weighted by atomic mass is 9.72. The molecule has 1 aromatic heterocycles. The van der Waals surface area contributed by atoms with Crippen molar-refractivity contribution >= 4 is 34.5 Å². The normalized spacial score (nSPS) is 16.2. The number of amides is 2. The molecule has 0 spiro atoms. The number of hydrogen-bond acceptors (Lipinski definition) is 6. The molecule has 8 nitrogen and oxygen atoms in total. The maximum Gasteiger partial charge on any atom is 0.406 e. The molecule has 0 unspecified atom stereocenters. The van der Waals surface area contributed by atoms with Crippen LogP contribution in [0.5, 0.6) is 0 Å². The Balaban J connectivity index is 1.54. The van der Waals surface area contributed by atoms with Crippen LogP contribution in [0.2, 0.25) is 5.02 Å². The van der Waals surface area contributed by atoms with Crippen LogP contribution >= 0.6 is 11.6 Å². The number of carbonyl (C=O) groups excluding carboxylic acids is 2. The van der Waals surface area contributed by atoms with Crippen molar-refractivity contribution < 1.29 is 19.4 Å². The summed E-state index contributed by atoms with van der Waals surface area (Å²) < 4.78 is 4.75. The Morgan fingerprint density at radius 1 is 1.09 bits per heavy atom. The molecule has 4 aromatic rings. The van der Waals surface area contributed by atoms with Gasteiger partial charge in [0.25, 0.3) is 5.91 Å². The summed E-state index contributed by atoms with van der Waals surface area (Å²) in [7, 11) is 3.22. The van der Waals surface area contributed by atoms with Gasteiger partial charge in [-0.25, -0.2) is 9.78 Å². The zero-order chi connectivity index (χ0) is 33.6. The molecule has 0 saturated carbocycles. The number of fused-ring (bicyclic) bond motifs is 1. The van der Waals surface area contributed by atoms with E-state index in [-0.39, 0.29) is 17.7 Å². The predicted molar refractivity (Wildman–Crippen MR) is 188 cm³/mol. The topological polar surface area (TPSA) is 104 Å². The molecule has 1 saturated heterocycles. The van der Waals surface area contributed by atoms with Gasteiger partial charge in [0, 0.05) is 48.6 Å². The van der Waals surface area contributed by atoms with E-state index in [2.05, 4.69) is 42.7 Å². The van der Waals surface area contributed by atoms with E-state index in [0.717, 1.165) is 41.4 Å². The largest absolute Gasteiger partial charge is 0.453 e. The summed E-state index contributed by atoms with van der Waals surface area (Å²) in [5, 5.41) is 20.3. The van der Waals surface area contributed by atoms with Crippen LogP contribution in [0.15, 0.2) is 72.8 Å². The van der Waals surface area contributed by atoms with E-state index >= 15 is 0 Å². The number of aliphatic hydroxyl groups is 1. The quantitative estimate of drug-likeness (QED) is 0.147. The number of alkyl carbamates (subject to hydrolysis) is 1. The number of halogens is 1. The smallest absolute Gasteiger partial charge is 0.406 e. The van der Waals surface area contributed by atoms with Gasteiger partial charge >= 0.3 is 6.09 Å². The van der Waals surface area contributed by atoms with E-state index in [1.165, 1.54) is 7.11 Å². The average molecular weight is 657 g/mol. The second-order valence-electron chi connectivity index (χ2n) is 12.7. The summed E-state index contributed by atoms with van der Waals surface area (Å²) in [5.41, 5.74) is 4.45. The fraction of sp³-hybridized carbons (Fsp3) is 0.395. The van der Waals surface area contributed by atoms with Gasteiger partial charge < -0.3 is 25.4 Å². The molecule has 3 N–H and O–H groups in total. The summed E-state index contributed by atoms with van der Waals surface area (Å²) in [6.45, 7) is 6.35.